The monoisotopic (exact) mass is 396 g/mol. The molecule has 152 valence electrons. The first-order chi connectivity index (χ1) is 14.1. The maximum absolute atomic E-state index is 13.0. The van der Waals surface area contributed by atoms with Crippen molar-refractivity contribution in [3.63, 3.8) is 0 Å². The fourth-order valence-corrected chi connectivity index (χ4v) is 3.64. The number of carbonyl (C=O) groups is 2. The zero-order chi connectivity index (χ0) is 20.2. The van der Waals surface area contributed by atoms with Crippen LogP contribution in [0.3, 0.4) is 0 Å². The van der Waals surface area contributed by atoms with Gasteiger partial charge in [0.2, 0.25) is 12.9 Å². The molecular weight excluding hydrogens is 372 g/mol. The lowest BCUT2D eigenvalue weighted by Crippen LogP contribution is -2.50. The quantitative estimate of drug-likeness (QED) is 0.723. The first-order valence-electron chi connectivity index (χ1n) is 9.72. The standard InChI is InChI=1S/C22H24N2O5/c1-16(25)29-21(18-5-3-2-4-6-18)22(26)24-11-9-23(10-12-24)14-17-7-8-19-20(13-17)28-15-27-19/h2-8,13,21H,9-12,14-15H2,1H3/t21-/m1/s1. The minimum absolute atomic E-state index is 0.172. The van der Waals surface area contributed by atoms with Gasteiger partial charge in [0.25, 0.3) is 5.91 Å². The molecular formula is C22H24N2O5. The molecule has 1 fully saturated rings. The summed E-state index contributed by atoms with van der Waals surface area (Å²) in [4.78, 5) is 28.6. The predicted molar refractivity (Wildman–Crippen MR) is 105 cm³/mol. The number of esters is 1. The highest BCUT2D eigenvalue weighted by Crippen LogP contribution is 2.33. The van der Waals surface area contributed by atoms with Gasteiger partial charge >= 0.3 is 5.97 Å². The van der Waals surface area contributed by atoms with Crippen molar-refractivity contribution in [3.05, 3.63) is 59.7 Å². The molecule has 0 aromatic heterocycles. The maximum Gasteiger partial charge on any atom is 0.303 e. The molecule has 0 spiro atoms. The Bertz CT molecular complexity index is 878. The summed E-state index contributed by atoms with van der Waals surface area (Å²) in [5, 5.41) is 0. The number of fused-ring (bicyclic) bond motifs is 1. The normalized spacial score (nSPS) is 17.1. The molecule has 2 aliphatic rings. The second-order valence-electron chi connectivity index (χ2n) is 7.19. The van der Waals surface area contributed by atoms with E-state index in [9.17, 15) is 9.59 Å². The van der Waals surface area contributed by atoms with Crippen LogP contribution in [0.1, 0.15) is 24.2 Å². The molecule has 1 saturated heterocycles. The first kappa shape index (κ1) is 19.3. The molecule has 1 amide bonds. The van der Waals surface area contributed by atoms with E-state index < -0.39 is 12.1 Å². The lowest BCUT2D eigenvalue weighted by Gasteiger charge is -2.36. The number of ether oxygens (including phenoxy) is 3. The van der Waals surface area contributed by atoms with Crippen LogP contribution in [0.2, 0.25) is 0 Å². The molecule has 0 N–H and O–H groups in total. The smallest absolute Gasteiger partial charge is 0.303 e. The number of carbonyl (C=O) groups excluding carboxylic acids is 2. The summed E-state index contributed by atoms with van der Waals surface area (Å²) in [5.41, 5.74) is 1.84. The van der Waals surface area contributed by atoms with Gasteiger partial charge in [0.15, 0.2) is 11.5 Å². The van der Waals surface area contributed by atoms with Crippen LogP contribution < -0.4 is 9.47 Å². The Morgan fingerprint density at radius 3 is 2.45 bits per heavy atom. The predicted octanol–water partition coefficient (Wildman–Crippen LogP) is 2.36. The number of rotatable bonds is 5. The van der Waals surface area contributed by atoms with Crippen LogP contribution in [0.15, 0.2) is 48.5 Å². The molecule has 0 unspecified atom stereocenters. The highest BCUT2D eigenvalue weighted by Gasteiger charge is 2.31. The van der Waals surface area contributed by atoms with E-state index in [0.29, 0.717) is 18.7 Å². The van der Waals surface area contributed by atoms with E-state index in [1.165, 1.54) is 6.92 Å². The molecule has 0 bridgehead atoms. The number of piperazine rings is 1. The van der Waals surface area contributed by atoms with Crippen LogP contribution in [0, 0.1) is 0 Å². The van der Waals surface area contributed by atoms with Crippen LogP contribution in [0.5, 0.6) is 11.5 Å². The molecule has 0 radical (unpaired) electrons. The van der Waals surface area contributed by atoms with E-state index in [1.807, 2.05) is 36.4 Å². The minimum atomic E-state index is -0.894. The first-order valence-corrected chi connectivity index (χ1v) is 9.72. The van der Waals surface area contributed by atoms with Crippen LogP contribution >= 0.6 is 0 Å². The van der Waals surface area contributed by atoms with Gasteiger partial charge in [-0.3, -0.25) is 14.5 Å². The molecule has 7 nitrogen and oxygen atoms in total. The Hall–Kier alpha value is -3.06. The van der Waals surface area contributed by atoms with E-state index in [4.69, 9.17) is 14.2 Å². The van der Waals surface area contributed by atoms with E-state index in [-0.39, 0.29) is 12.7 Å². The van der Waals surface area contributed by atoms with E-state index in [0.717, 1.165) is 36.7 Å². The number of amides is 1. The Kier molecular flexibility index (Phi) is 5.67. The van der Waals surface area contributed by atoms with Crippen LogP contribution in [-0.2, 0) is 20.9 Å². The van der Waals surface area contributed by atoms with E-state index in [2.05, 4.69) is 4.90 Å². The molecule has 2 heterocycles. The Morgan fingerprint density at radius 1 is 1.00 bits per heavy atom. The zero-order valence-electron chi connectivity index (χ0n) is 16.4. The van der Waals surface area contributed by atoms with Crippen LogP contribution in [0.25, 0.3) is 0 Å². The SMILES string of the molecule is CC(=O)O[C@@H](C(=O)N1CCN(Cc2ccc3c(c2)OCO3)CC1)c1ccccc1. The van der Waals surface area contributed by atoms with Crippen molar-refractivity contribution in [1.82, 2.24) is 9.80 Å². The van der Waals surface area contributed by atoms with E-state index >= 15 is 0 Å². The summed E-state index contributed by atoms with van der Waals surface area (Å²) < 4.78 is 16.1. The second-order valence-corrected chi connectivity index (χ2v) is 7.19. The maximum atomic E-state index is 13.0. The average molecular weight is 396 g/mol. The minimum Gasteiger partial charge on any atom is -0.454 e. The highest BCUT2D eigenvalue weighted by atomic mass is 16.7. The highest BCUT2D eigenvalue weighted by molar-refractivity contribution is 5.84. The van der Waals surface area contributed by atoms with Crippen LogP contribution in [-0.4, -0.2) is 54.6 Å². The largest absolute Gasteiger partial charge is 0.454 e. The van der Waals surface area contributed by atoms with Crippen molar-refractivity contribution in [3.8, 4) is 11.5 Å². The van der Waals surface area contributed by atoms with Crippen molar-refractivity contribution < 1.29 is 23.8 Å². The molecule has 29 heavy (non-hydrogen) atoms. The third-order valence-corrected chi connectivity index (χ3v) is 5.14. The molecule has 2 aliphatic heterocycles. The fourth-order valence-electron chi connectivity index (χ4n) is 3.64. The number of hydrogen-bond donors (Lipinski definition) is 0. The summed E-state index contributed by atoms with van der Waals surface area (Å²) in [7, 11) is 0. The van der Waals surface area contributed by atoms with Crippen molar-refractivity contribution in [2.24, 2.45) is 0 Å². The summed E-state index contributed by atoms with van der Waals surface area (Å²) in [6.45, 7) is 5.06. The van der Waals surface area contributed by atoms with Gasteiger partial charge in [-0.25, -0.2) is 0 Å². The average Bonchev–Trinajstić information content (AvgIpc) is 3.20. The van der Waals surface area contributed by atoms with Crippen molar-refractivity contribution in [1.29, 1.82) is 0 Å². The molecule has 4 rings (SSSR count). The number of hydrogen-bond acceptors (Lipinski definition) is 6. The molecule has 7 heteroatoms. The van der Waals surface area contributed by atoms with Gasteiger partial charge in [-0.2, -0.15) is 0 Å². The zero-order valence-corrected chi connectivity index (χ0v) is 16.4. The third-order valence-electron chi connectivity index (χ3n) is 5.14. The van der Waals surface area contributed by atoms with Gasteiger partial charge in [-0.05, 0) is 17.7 Å². The van der Waals surface area contributed by atoms with Crippen molar-refractivity contribution in [2.45, 2.75) is 19.6 Å². The summed E-state index contributed by atoms with van der Waals surface area (Å²) in [5.74, 6) is 0.924. The topological polar surface area (TPSA) is 68.3 Å². The Labute approximate surface area is 169 Å². The molecule has 2 aromatic carbocycles. The van der Waals surface area contributed by atoms with Gasteiger partial charge in [-0.1, -0.05) is 36.4 Å². The van der Waals surface area contributed by atoms with Gasteiger partial charge in [-0.15, -0.1) is 0 Å². The molecule has 0 aliphatic carbocycles. The Morgan fingerprint density at radius 2 is 1.72 bits per heavy atom. The summed E-state index contributed by atoms with van der Waals surface area (Å²) >= 11 is 0. The molecule has 0 saturated carbocycles. The molecule has 1 atom stereocenters. The molecule has 2 aromatic rings. The number of nitrogens with zero attached hydrogens (tertiary/aromatic N) is 2. The summed E-state index contributed by atoms with van der Waals surface area (Å²) in [6.07, 6.45) is -0.894. The van der Waals surface area contributed by atoms with Crippen molar-refractivity contribution >= 4 is 11.9 Å². The van der Waals surface area contributed by atoms with Gasteiger partial charge in [0, 0.05) is 45.2 Å². The van der Waals surface area contributed by atoms with Crippen molar-refractivity contribution in [2.75, 3.05) is 33.0 Å². The lowest BCUT2D eigenvalue weighted by molar-refractivity contribution is -0.160. The lowest BCUT2D eigenvalue weighted by atomic mass is 10.1. The number of benzene rings is 2. The van der Waals surface area contributed by atoms with Gasteiger partial charge in [0.05, 0.1) is 0 Å². The van der Waals surface area contributed by atoms with Gasteiger partial charge < -0.3 is 19.1 Å². The Balaban J connectivity index is 1.36. The van der Waals surface area contributed by atoms with Crippen LogP contribution in [0.4, 0.5) is 0 Å². The summed E-state index contributed by atoms with van der Waals surface area (Å²) in [6, 6.07) is 15.1. The van der Waals surface area contributed by atoms with Gasteiger partial charge in [0.1, 0.15) is 0 Å². The second kappa shape index (κ2) is 8.53. The third kappa shape index (κ3) is 4.51. The fraction of sp³-hybridized carbons (Fsp3) is 0.364. The van der Waals surface area contributed by atoms with E-state index in [1.54, 1.807) is 17.0 Å².